The van der Waals surface area contributed by atoms with Gasteiger partial charge in [-0.05, 0) is 54.7 Å². The van der Waals surface area contributed by atoms with Gasteiger partial charge in [0.05, 0.1) is 6.04 Å². The smallest absolute Gasteiger partial charge is 0.0544 e. The summed E-state index contributed by atoms with van der Waals surface area (Å²) in [6.45, 7) is 0. The van der Waals surface area contributed by atoms with Crippen LogP contribution in [0, 0.1) is 0 Å². The second-order valence-electron chi connectivity index (χ2n) is 5.39. The predicted molar refractivity (Wildman–Crippen MR) is 91.8 cm³/mol. The minimum atomic E-state index is 0.0627. The number of nitrogens with two attached hydrogens (primary N) is 1. The van der Waals surface area contributed by atoms with Crippen molar-refractivity contribution in [2.75, 3.05) is 0 Å². The Bertz CT molecular complexity index is 625. The van der Waals surface area contributed by atoms with Gasteiger partial charge >= 0.3 is 0 Å². The standard InChI is InChI=1S/C16H17Br2N3/c17-12-7-11(8-13(18)9-12)16(21-19)14-5-1-3-10-4-2-6-20-15(10)14/h2,4,6-9,14,16,21H,1,3,5,19H2. The van der Waals surface area contributed by atoms with Gasteiger partial charge < -0.3 is 0 Å². The highest BCUT2D eigenvalue weighted by Gasteiger charge is 2.29. The number of hydrogen-bond acceptors (Lipinski definition) is 3. The lowest BCUT2D eigenvalue weighted by molar-refractivity contribution is 0.399. The van der Waals surface area contributed by atoms with Gasteiger partial charge in [-0.2, -0.15) is 0 Å². The van der Waals surface area contributed by atoms with Crippen LogP contribution in [-0.2, 0) is 6.42 Å². The van der Waals surface area contributed by atoms with Gasteiger partial charge in [0.2, 0.25) is 0 Å². The van der Waals surface area contributed by atoms with Crippen LogP contribution in [0.1, 0.15) is 41.6 Å². The number of pyridine rings is 1. The monoisotopic (exact) mass is 409 g/mol. The molecule has 3 N–H and O–H groups in total. The Morgan fingerprint density at radius 2 is 2.00 bits per heavy atom. The molecule has 1 aliphatic carbocycles. The van der Waals surface area contributed by atoms with Crippen molar-refractivity contribution >= 4 is 31.9 Å². The fourth-order valence-electron chi connectivity index (χ4n) is 3.17. The first-order chi connectivity index (χ1) is 10.2. The predicted octanol–water partition coefficient (Wildman–Crippen LogP) is 4.23. The van der Waals surface area contributed by atoms with Gasteiger partial charge in [0.15, 0.2) is 0 Å². The molecule has 2 atom stereocenters. The van der Waals surface area contributed by atoms with Crippen LogP contribution in [0.4, 0.5) is 0 Å². The lowest BCUT2D eigenvalue weighted by Crippen LogP contribution is -2.34. The number of hydrogen-bond donors (Lipinski definition) is 2. The number of halogens is 2. The molecular weight excluding hydrogens is 394 g/mol. The summed E-state index contributed by atoms with van der Waals surface area (Å²) in [5.41, 5.74) is 6.70. The largest absolute Gasteiger partial charge is 0.271 e. The van der Waals surface area contributed by atoms with E-state index in [9.17, 15) is 0 Å². The highest BCUT2D eigenvalue weighted by atomic mass is 79.9. The van der Waals surface area contributed by atoms with Crippen LogP contribution in [0.2, 0.25) is 0 Å². The molecule has 1 aromatic carbocycles. The maximum absolute atomic E-state index is 5.88. The Hall–Kier alpha value is -0.750. The van der Waals surface area contributed by atoms with Gasteiger partial charge in [-0.3, -0.25) is 16.3 Å². The van der Waals surface area contributed by atoms with Crippen LogP contribution >= 0.6 is 31.9 Å². The van der Waals surface area contributed by atoms with Crippen molar-refractivity contribution in [2.24, 2.45) is 5.84 Å². The van der Waals surface area contributed by atoms with Crippen LogP contribution in [-0.4, -0.2) is 4.98 Å². The molecule has 0 saturated carbocycles. The van der Waals surface area contributed by atoms with E-state index < -0.39 is 0 Å². The zero-order chi connectivity index (χ0) is 14.8. The molecule has 2 aromatic rings. The van der Waals surface area contributed by atoms with Gasteiger partial charge in [0.1, 0.15) is 0 Å². The zero-order valence-electron chi connectivity index (χ0n) is 11.5. The van der Waals surface area contributed by atoms with Crippen molar-refractivity contribution in [3.05, 3.63) is 62.3 Å². The number of benzene rings is 1. The third kappa shape index (κ3) is 3.21. The van der Waals surface area contributed by atoms with E-state index in [0.717, 1.165) is 21.8 Å². The number of nitrogens with one attached hydrogen (secondary N) is 1. The first-order valence-electron chi connectivity index (χ1n) is 7.05. The first-order valence-corrected chi connectivity index (χ1v) is 8.63. The first kappa shape index (κ1) is 15.2. The normalized spacial score (nSPS) is 19.1. The fourth-order valence-corrected chi connectivity index (χ4v) is 4.50. The molecule has 21 heavy (non-hydrogen) atoms. The van der Waals surface area contributed by atoms with Crippen LogP contribution in [0.3, 0.4) is 0 Å². The molecule has 0 aliphatic heterocycles. The maximum atomic E-state index is 5.88. The van der Waals surface area contributed by atoms with Gasteiger partial charge in [-0.25, -0.2) is 0 Å². The Morgan fingerprint density at radius 3 is 2.71 bits per heavy atom. The lowest BCUT2D eigenvalue weighted by atomic mass is 9.80. The Balaban J connectivity index is 2.01. The number of nitrogens with zero attached hydrogens (tertiary/aromatic N) is 1. The Morgan fingerprint density at radius 1 is 1.24 bits per heavy atom. The van der Waals surface area contributed by atoms with Crippen LogP contribution in [0.15, 0.2) is 45.5 Å². The molecular formula is C16H17Br2N3. The Labute approximate surface area is 141 Å². The number of fused-ring (bicyclic) bond motifs is 1. The summed E-state index contributed by atoms with van der Waals surface area (Å²) in [6.07, 6.45) is 5.26. The Kier molecular flexibility index (Phi) is 4.74. The van der Waals surface area contributed by atoms with Crippen molar-refractivity contribution in [3.63, 3.8) is 0 Å². The fraction of sp³-hybridized carbons (Fsp3) is 0.312. The van der Waals surface area contributed by atoms with Crippen LogP contribution in [0.25, 0.3) is 0 Å². The van der Waals surface area contributed by atoms with E-state index in [1.54, 1.807) is 0 Å². The molecule has 0 fully saturated rings. The highest BCUT2D eigenvalue weighted by Crippen LogP contribution is 2.40. The third-order valence-electron chi connectivity index (χ3n) is 4.06. The van der Waals surface area contributed by atoms with E-state index >= 15 is 0 Å². The zero-order valence-corrected chi connectivity index (χ0v) is 14.7. The molecule has 0 bridgehead atoms. The van der Waals surface area contributed by atoms with Crippen molar-refractivity contribution in [3.8, 4) is 0 Å². The van der Waals surface area contributed by atoms with Crippen LogP contribution < -0.4 is 11.3 Å². The summed E-state index contributed by atoms with van der Waals surface area (Å²) in [5.74, 6) is 6.19. The number of hydrazine groups is 1. The molecule has 1 aromatic heterocycles. The SMILES string of the molecule is NNC(c1cc(Br)cc(Br)c1)C1CCCc2cccnc21. The average molecular weight is 411 g/mol. The maximum Gasteiger partial charge on any atom is 0.0544 e. The lowest BCUT2D eigenvalue weighted by Gasteiger charge is -2.31. The summed E-state index contributed by atoms with van der Waals surface area (Å²) in [5, 5.41) is 0. The molecule has 0 amide bonds. The van der Waals surface area contributed by atoms with E-state index in [1.807, 2.05) is 18.3 Å². The molecule has 0 radical (unpaired) electrons. The highest BCUT2D eigenvalue weighted by molar-refractivity contribution is 9.11. The summed E-state index contributed by atoms with van der Waals surface area (Å²) in [4.78, 5) is 4.62. The van der Waals surface area contributed by atoms with Crippen LogP contribution in [0.5, 0.6) is 0 Å². The minimum absolute atomic E-state index is 0.0627. The van der Waals surface area contributed by atoms with E-state index in [4.69, 9.17) is 5.84 Å². The molecule has 1 heterocycles. The molecule has 5 heteroatoms. The quantitative estimate of drug-likeness (QED) is 0.587. The molecule has 1 aliphatic rings. The third-order valence-corrected chi connectivity index (χ3v) is 4.98. The number of aryl methyl sites for hydroxylation is 1. The average Bonchev–Trinajstić information content (AvgIpc) is 2.47. The van der Waals surface area contributed by atoms with Crippen molar-refractivity contribution < 1.29 is 0 Å². The minimum Gasteiger partial charge on any atom is -0.271 e. The number of aromatic nitrogens is 1. The van der Waals surface area contributed by atoms with E-state index in [0.29, 0.717) is 5.92 Å². The molecule has 2 unspecified atom stereocenters. The van der Waals surface area contributed by atoms with E-state index in [1.165, 1.54) is 23.2 Å². The number of rotatable bonds is 3. The van der Waals surface area contributed by atoms with Gasteiger partial charge in [-0.1, -0.05) is 37.9 Å². The summed E-state index contributed by atoms with van der Waals surface area (Å²) >= 11 is 7.10. The van der Waals surface area contributed by atoms with Crippen molar-refractivity contribution in [1.82, 2.24) is 10.4 Å². The van der Waals surface area contributed by atoms with E-state index in [2.05, 4.69) is 60.5 Å². The van der Waals surface area contributed by atoms with Gasteiger partial charge in [0.25, 0.3) is 0 Å². The van der Waals surface area contributed by atoms with E-state index in [-0.39, 0.29) is 6.04 Å². The summed E-state index contributed by atoms with van der Waals surface area (Å²) < 4.78 is 2.09. The second-order valence-corrected chi connectivity index (χ2v) is 7.22. The summed E-state index contributed by atoms with van der Waals surface area (Å²) in [7, 11) is 0. The molecule has 0 saturated heterocycles. The van der Waals surface area contributed by atoms with Crippen molar-refractivity contribution in [2.45, 2.75) is 31.2 Å². The molecule has 110 valence electrons. The van der Waals surface area contributed by atoms with Gasteiger partial charge in [-0.15, -0.1) is 0 Å². The summed E-state index contributed by atoms with van der Waals surface area (Å²) in [6, 6.07) is 10.5. The molecule has 3 rings (SSSR count). The second kappa shape index (κ2) is 6.57. The topological polar surface area (TPSA) is 50.9 Å². The molecule has 0 spiro atoms. The molecule has 3 nitrogen and oxygen atoms in total. The van der Waals surface area contributed by atoms with Crippen molar-refractivity contribution in [1.29, 1.82) is 0 Å². The van der Waals surface area contributed by atoms with Gasteiger partial charge in [0, 0.05) is 26.8 Å².